The lowest BCUT2D eigenvalue weighted by molar-refractivity contribution is 0.0636. The summed E-state index contributed by atoms with van der Waals surface area (Å²) >= 11 is 1.40. The average Bonchev–Trinajstić information content (AvgIpc) is 2.59. The number of ether oxygens (including phenoxy) is 1. The zero-order chi connectivity index (χ0) is 12.9. The molecule has 0 aromatic carbocycles. The van der Waals surface area contributed by atoms with E-state index in [1.54, 1.807) is 6.07 Å². The Morgan fingerprint density at radius 3 is 2.88 bits per heavy atom. The van der Waals surface area contributed by atoms with Gasteiger partial charge in [0.25, 0.3) is 0 Å². The summed E-state index contributed by atoms with van der Waals surface area (Å²) in [6.07, 6.45) is -0.460. The van der Waals surface area contributed by atoms with Crippen LogP contribution >= 0.6 is 11.3 Å². The van der Waals surface area contributed by atoms with E-state index in [1.807, 2.05) is 26.2 Å². The molecule has 1 amide bonds. The molecule has 0 unspecified atom stereocenters. The summed E-state index contributed by atoms with van der Waals surface area (Å²) in [6, 6.07) is 1.79. The van der Waals surface area contributed by atoms with Crippen LogP contribution in [-0.2, 0) is 4.74 Å². The van der Waals surface area contributed by atoms with Crippen LogP contribution in [0.2, 0.25) is 0 Å². The smallest absolute Gasteiger partial charge is 0.412 e. The normalized spacial score (nSPS) is 10.4. The topological polar surface area (TPSA) is 64.3 Å². The van der Waals surface area contributed by atoms with Crippen molar-refractivity contribution in [3.63, 3.8) is 0 Å². The molecular weight excluding hydrogens is 236 g/mol. The highest BCUT2D eigenvalue weighted by Gasteiger charge is 2.16. The third-order valence-corrected chi connectivity index (χ3v) is 2.40. The van der Waals surface area contributed by atoms with Crippen LogP contribution in [0.1, 0.15) is 26.3 Å². The highest BCUT2D eigenvalue weighted by atomic mass is 32.1. The molecule has 1 aromatic heterocycles. The predicted octanol–water partition coefficient (Wildman–Crippen LogP) is 2.41. The van der Waals surface area contributed by atoms with Crippen LogP contribution in [0.15, 0.2) is 11.4 Å². The Morgan fingerprint density at radius 1 is 1.59 bits per heavy atom. The lowest BCUT2D eigenvalue weighted by Crippen LogP contribution is -2.26. The Bertz CT molecular complexity index is 449. The minimum Gasteiger partial charge on any atom is -0.444 e. The fourth-order valence-corrected chi connectivity index (χ4v) is 1.74. The summed E-state index contributed by atoms with van der Waals surface area (Å²) in [6.45, 7) is 5.78. The average molecular weight is 252 g/mol. The molecule has 3 N–H and O–H groups in total. The maximum atomic E-state index is 11.5. The first kappa shape index (κ1) is 13.6. The molecule has 0 aliphatic rings. The van der Waals surface area contributed by atoms with Crippen LogP contribution in [0.25, 0.3) is 0 Å². The molecule has 0 atom stereocenters. The van der Waals surface area contributed by atoms with Crippen LogP contribution in [0.3, 0.4) is 0 Å². The van der Waals surface area contributed by atoms with Gasteiger partial charge in [0.15, 0.2) is 0 Å². The van der Waals surface area contributed by atoms with Crippen molar-refractivity contribution in [2.75, 3.05) is 11.9 Å². The molecule has 4 nitrogen and oxygen atoms in total. The number of carbonyl (C=O) groups excluding carboxylic acids is 1. The van der Waals surface area contributed by atoms with E-state index >= 15 is 0 Å². The summed E-state index contributed by atoms with van der Waals surface area (Å²) in [4.78, 5) is 11.5. The molecule has 0 spiro atoms. The quantitative estimate of drug-likeness (QED) is 0.754. The molecule has 1 heterocycles. The number of anilines is 1. The number of thiophene rings is 1. The van der Waals surface area contributed by atoms with Crippen molar-refractivity contribution in [1.82, 2.24) is 0 Å². The van der Waals surface area contributed by atoms with Crippen molar-refractivity contribution in [3.8, 4) is 11.8 Å². The first-order valence-corrected chi connectivity index (χ1v) is 6.06. The van der Waals surface area contributed by atoms with E-state index in [0.29, 0.717) is 11.5 Å². The number of hydrogen-bond acceptors (Lipinski definition) is 4. The molecule has 0 bridgehead atoms. The van der Waals surface area contributed by atoms with Crippen molar-refractivity contribution in [2.24, 2.45) is 5.73 Å². The molecule has 0 fully saturated rings. The highest BCUT2D eigenvalue weighted by Crippen LogP contribution is 2.20. The molecule has 0 aliphatic carbocycles. The summed E-state index contributed by atoms with van der Waals surface area (Å²) in [5.41, 5.74) is 5.62. The SMILES string of the molecule is CC(C)(C)OC(=O)Nc1cc(C#CCN)cs1. The van der Waals surface area contributed by atoms with E-state index in [1.165, 1.54) is 11.3 Å². The Labute approximate surface area is 105 Å². The van der Waals surface area contributed by atoms with E-state index in [-0.39, 0.29) is 0 Å². The fourth-order valence-electron chi connectivity index (χ4n) is 1.02. The van der Waals surface area contributed by atoms with Gasteiger partial charge in [-0.05, 0) is 26.8 Å². The number of hydrogen-bond donors (Lipinski definition) is 2. The Balaban J connectivity index is 2.58. The summed E-state index contributed by atoms with van der Waals surface area (Å²) < 4.78 is 5.13. The van der Waals surface area contributed by atoms with Gasteiger partial charge in [-0.3, -0.25) is 5.32 Å². The molecule has 0 radical (unpaired) electrons. The Morgan fingerprint density at radius 2 is 2.29 bits per heavy atom. The molecule has 1 rings (SSSR count). The van der Waals surface area contributed by atoms with Crippen molar-refractivity contribution in [2.45, 2.75) is 26.4 Å². The van der Waals surface area contributed by atoms with Crippen molar-refractivity contribution in [3.05, 3.63) is 17.0 Å². The van der Waals surface area contributed by atoms with Gasteiger partial charge >= 0.3 is 6.09 Å². The summed E-state index contributed by atoms with van der Waals surface area (Å²) in [5.74, 6) is 5.64. The molecule has 0 aliphatic heterocycles. The van der Waals surface area contributed by atoms with Crippen LogP contribution in [0.4, 0.5) is 9.80 Å². The van der Waals surface area contributed by atoms with Gasteiger partial charge in [-0.2, -0.15) is 0 Å². The van der Waals surface area contributed by atoms with Crippen LogP contribution < -0.4 is 11.1 Å². The first-order chi connectivity index (χ1) is 7.90. The molecule has 5 heteroatoms. The second kappa shape index (κ2) is 5.71. The second-order valence-electron chi connectivity index (χ2n) is 4.33. The van der Waals surface area contributed by atoms with E-state index in [4.69, 9.17) is 10.5 Å². The molecular formula is C12H16N2O2S. The Hall–Kier alpha value is -1.51. The minimum absolute atomic E-state index is 0.324. The maximum Gasteiger partial charge on any atom is 0.412 e. The molecule has 92 valence electrons. The summed E-state index contributed by atoms with van der Waals surface area (Å²) in [5, 5.41) is 5.22. The van der Waals surface area contributed by atoms with Gasteiger partial charge in [-0.1, -0.05) is 11.8 Å². The molecule has 17 heavy (non-hydrogen) atoms. The molecule has 0 saturated heterocycles. The van der Waals surface area contributed by atoms with Gasteiger partial charge in [-0.15, -0.1) is 11.3 Å². The third-order valence-electron chi connectivity index (χ3n) is 1.56. The number of nitrogens with one attached hydrogen (secondary N) is 1. The van der Waals surface area contributed by atoms with Gasteiger partial charge in [0.05, 0.1) is 11.5 Å². The number of carbonyl (C=O) groups is 1. The number of rotatable bonds is 1. The largest absolute Gasteiger partial charge is 0.444 e. The van der Waals surface area contributed by atoms with Gasteiger partial charge in [0, 0.05) is 10.9 Å². The molecule has 0 saturated carbocycles. The minimum atomic E-state index is -0.497. The lowest BCUT2D eigenvalue weighted by Gasteiger charge is -2.19. The fraction of sp³-hybridized carbons (Fsp3) is 0.417. The lowest BCUT2D eigenvalue weighted by atomic mass is 10.2. The zero-order valence-corrected chi connectivity index (χ0v) is 11.0. The predicted molar refractivity (Wildman–Crippen MR) is 70.1 cm³/mol. The van der Waals surface area contributed by atoms with Crippen molar-refractivity contribution >= 4 is 22.4 Å². The van der Waals surface area contributed by atoms with Gasteiger partial charge in [-0.25, -0.2) is 4.79 Å². The third kappa shape index (κ3) is 5.38. The highest BCUT2D eigenvalue weighted by molar-refractivity contribution is 7.14. The standard InChI is InChI=1S/C12H16N2O2S/c1-12(2,3)16-11(15)14-10-7-9(8-17-10)5-4-6-13/h7-8H,6,13H2,1-3H3,(H,14,15). The maximum absolute atomic E-state index is 11.5. The van der Waals surface area contributed by atoms with Crippen LogP contribution in [-0.4, -0.2) is 18.2 Å². The number of amides is 1. The van der Waals surface area contributed by atoms with E-state index in [2.05, 4.69) is 17.2 Å². The zero-order valence-electron chi connectivity index (χ0n) is 10.2. The Kier molecular flexibility index (Phi) is 4.55. The van der Waals surface area contributed by atoms with E-state index in [9.17, 15) is 4.79 Å². The van der Waals surface area contributed by atoms with Gasteiger partial charge in [0.1, 0.15) is 5.60 Å². The van der Waals surface area contributed by atoms with Crippen LogP contribution in [0, 0.1) is 11.8 Å². The molecule has 1 aromatic rings. The number of nitrogens with two attached hydrogens (primary N) is 1. The van der Waals surface area contributed by atoms with E-state index < -0.39 is 11.7 Å². The van der Waals surface area contributed by atoms with Gasteiger partial charge < -0.3 is 10.5 Å². The summed E-state index contributed by atoms with van der Waals surface area (Å²) in [7, 11) is 0. The van der Waals surface area contributed by atoms with E-state index in [0.717, 1.165) is 5.56 Å². The first-order valence-electron chi connectivity index (χ1n) is 5.18. The van der Waals surface area contributed by atoms with Gasteiger partial charge in [0.2, 0.25) is 0 Å². The van der Waals surface area contributed by atoms with Crippen LogP contribution in [0.5, 0.6) is 0 Å². The second-order valence-corrected chi connectivity index (χ2v) is 5.24. The van der Waals surface area contributed by atoms with Crippen molar-refractivity contribution in [1.29, 1.82) is 0 Å². The monoisotopic (exact) mass is 252 g/mol. The van der Waals surface area contributed by atoms with Crippen molar-refractivity contribution < 1.29 is 9.53 Å².